The number of hydrogen-bond acceptors (Lipinski definition) is 4. The van der Waals surface area contributed by atoms with Crippen molar-refractivity contribution in [3.63, 3.8) is 0 Å². The molecule has 1 atom stereocenters. The van der Waals surface area contributed by atoms with E-state index in [-0.39, 0.29) is 12.1 Å². The Morgan fingerprint density at radius 3 is 2.65 bits per heavy atom. The van der Waals surface area contributed by atoms with Gasteiger partial charge in [0, 0.05) is 12.0 Å². The van der Waals surface area contributed by atoms with Crippen molar-refractivity contribution in [1.29, 1.82) is 0 Å². The van der Waals surface area contributed by atoms with E-state index in [4.69, 9.17) is 10.5 Å². The molecule has 5 nitrogen and oxygen atoms in total. The fraction of sp³-hybridized carbons (Fsp3) is 0.733. The van der Waals surface area contributed by atoms with E-state index in [1.54, 1.807) is 0 Å². The number of aromatic nitrogens is 2. The average Bonchev–Trinajstić information content (AvgIpc) is 3.08. The monoisotopic (exact) mass is 277 g/mol. The Morgan fingerprint density at radius 2 is 2.05 bits per heavy atom. The molecule has 0 bridgehead atoms. The molecule has 2 N–H and O–H groups in total. The number of nitrogens with zero attached hydrogens (tertiary/aromatic N) is 2. The molecule has 0 aromatic carbocycles. The summed E-state index contributed by atoms with van der Waals surface area (Å²) in [5, 5.41) is 4.56. The first kappa shape index (κ1) is 13.6. The minimum Gasteiger partial charge on any atom is -0.442 e. The first-order chi connectivity index (χ1) is 9.35. The molecule has 1 fully saturated rings. The highest BCUT2D eigenvalue weighted by atomic mass is 16.6. The molecule has 0 unspecified atom stereocenters. The molecule has 2 aliphatic rings. The molecule has 3 rings (SSSR count). The van der Waals surface area contributed by atoms with Crippen molar-refractivity contribution < 1.29 is 9.53 Å². The topological polar surface area (TPSA) is 70.1 Å². The summed E-state index contributed by atoms with van der Waals surface area (Å²) >= 11 is 0. The van der Waals surface area contributed by atoms with Gasteiger partial charge in [0.15, 0.2) is 0 Å². The molecule has 1 heterocycles. The van der Waals surface area contributed by atoms with Crippen LogP contribution in [0.3, 0.4) is 0 Å². The van der Waals surface area contributed by atoms with Crippen LogP contribution in [-0.4, -0.2) is 27.5 Å². The summed E-state index contributed by atoms with van der Waals surface area (Å²) in [6, 6.07) is 0.191. The van der Waals surface area contributed by atoms with Gasteiger partial charge < -0.3 is 10.5 Å². The van der Waals surface area contributed by atoms with Crippen molar-refractivity contribution in [2.24, 2.45) is 5.73 Å². The normalized spacial score (nSPS) is 22.5. The lowest BCUT2D eigenvalue weighted by molar-refractivity contribution is 0.0508. The van der Waals surface area contributed by atoms with Crippen LogP contribution < -0.4 is 5.73 Å². The highest BCUT2D eigenvalue weighted by Crippen LogP contribution is 2.43. The second-order valence-electron chi connectivity index (χ2n) is 6.98. The third-order valence-corrected chi connectivity index (χ3v) is 3.87. The smallest absolute Gasteiger partial charge is 0.435 e. The molecule has 1 aromatic heterocycles. The fourth-order valence-electron chi connectivity index (χ4n) is 2.81. The Morgan fingerprint density at radius 1 is 1.35 bits per heavy atom. The van der Waals surface area contributed by atoms with Crippen LogP contribution >= 0.6 is 0 Å². The zero-order valence-corrected chi connectivity index (χ0v) is 12.5. The average molecular weight is 277 g/mol. The quantitative estimate of drug-likeness (QED) is 0.855. The molecule has 5 heteroatoms. The second kappa shape index (κ2) is 4.58. The maximum Gasteiger partial charge on any atom is 0.435 e. The van der Waals surface area contributed by atoms with E-state index in [9.17, 15) is 4.79 Å². The van der Waals surface area contributed by atoms with Gasteiger partial charge in [-0.15, -0.1) is 0 Å². The van der Waals surface area contributed by atoms with Crippen molar-refractivity contribution in [2.75, 3.05) is 0 Å². The summed E-state index contributed by atoms with van der Waals surface area (Å²) in [6.45, 7) is 5.62. The van der Waals surface area contributed by atoms with Crippen molar-refractivity contribution in [2.45, 2.75) is 70.4 Å². The summed E-state index contributed by atoms with van der Waals surface area (Å²) in [4.78, 5) is 12.3. The molecule has 1 saturated carbocycles. The lowest BCUT2D eigenvalue weighted by Gasteiger charge is -2.22. The Balaban J connectivity index is 1.95. The molecule has 110 valence electrons. The van der Waals surface area contributed by atoms with E-state index < -0.39 is 5.60 Å². The molecule has 1 aromatic rings. The molecular formula is C15H23N3O2. The van der Waals surface area contributed by atoms with E-state index >= 15 is 0 Å². The first-order valence-corrected chi connectivity index (χ1v) is 7.45. The number of ether oxygens (including phenoxy) is 1. The standard InChI is InChI=1S/C15H23N3O2/c1-15(2,3)20-14(19)18-12-7-6-10(16)8-11(12)13(17-18)9-4-5-9/h9-10H,4-8,16H2,1-3H3/t10-/m1/s1. The number of nitrogens with two attached hydrogens (primary N) is 1. The van der Waals surface area contributed by atoms with Crippen LogP contribution in [0.25, 0.3) is 0 Å². The third kappa shape index (κ3) is 2.59. The van der Waals surface area contributed by atoms with E-state index in [0.717, 1.165) is 30.7 Å². The van der Waals surface area contributed by atoms with Gasteiger partial charge in [0.05, 0.1) is 11.4 Å². The highest BCUT2D eigenvalue weighted by molar-refractivity contribution is 5.71. The van der Waals surface area contributed by atoms with Gasteiger partial charge in [0.2, 0.25) is 0 Å². The maximum absolute atomic E-state index is 12.3. The van der Waals surface area contributed by atoms with Crippen molar-refractivity contribution in [1.82, 2.24) is 9.78 Å². The van der Waals surface area contributed by atoms with Crippen molar-refractivity contribution >= 4 is 6.09 Å². The Labute approximate surface area is 119 Å². The summed E-state index contributed by atoms with van der Waals surface area (Å²) < 4.78 is 6.95. The van der Waals surface area contributed by atoms with Gasteiger partial charge in [-0.3, -0.25) is 0 Å². The summed E-state index contributed by atoms with van der Waals surface area (Å²) in [6.07, 6.45) is 4.54. The molecule has 0 saturated heterocycles. The molecule has 0 spiro atoms. The van der Waals surface area contributed by atoms with Crippen molar-refractivity contribution in [3.8, 4) is 0 Å². The minimum atomic E-state index is -0.499. The number of hydrogen-bond donors (Lipinski definition) is 1. The van der Waals surface area contributed by atoms with Crippen LogP contribution in [0, 0.1) is 0 Å². The maximum atomic E-state index is 12.3. The van der Waals surface area contributed by atoms with Gasteiger partial charge in [-0.2, -0.15) is 9.78 Å². The zero-order valence-electron chi connectivity index (χ0n) is 12.5. The predicted molar refractivity (Wildman–Crippen MR) is 75.8 cm³/mol. The summed E-state index contributed by atoms with van der Waals surface area (Å²) in [5.74, 6) is 0.526. The lowest BCUT2D eigenvalue weighted by Crippen LogP contribution is -2.32. The third-order valence-electron chi connectivity index (χ3n) is 3.87. The Bertz CT molecular complexity index is 538. The number of fused-ring (bicyclic) bond motifs is 1. The molecule has 0 aliphatic heterocycles. The van der Waals surface area contributed by atoms with E-state index in [1.807, 2.05) is 20.8 Å². The fourth-order valence-corrected chi connectivity index (χ4v) is 2.81. The van der Waals surface area contributed by atoms with Gasteiger partial charge in [-0.25, -0.2) is 4.79 Å². The van der Waals surface area contributed by atoms with Crippen LogP contribution in [0.15, 0.2) is 0 Å². The van der Waals surface area contributed by atoms with Gasteiger partial charge in [0.1, 0.15) is 5.60 Å². The predicted octanol–water partition coefficient (Wildman–Crippen LogP) is 2.36. The highest BCUT2D eigenvalue weighted by Gasteiger charge is 2.35. The van der Waals surface area contributed by atoms with Gasteiger partial charge >= 0.3 is 6.09 Å². The second-order valence-corrected chi connectivity index (χ2v) is 6.98. The Kier molecular flexibility index (Phi) is 3.12. The SMILES string of the molecule is CC(C)(C)OC(=O)n1nc(C2CC2)c2c1CC[C@@H](N)C2. The van der Waals surface area contributed by atoms with Crippen molar-refractivity contribution in [3.05, 3.63) is 17.0 Å². The van der Waals surface area contributed by atoms with Crippen LogP contribution in [0.4, 0.5) is 4.79 Å². The number of carbonyl (C=O) groups excluding carboxylic acids is 1. The molecular weight excluding hydrogens is 254 g/mol. The van der Waals surface area contributed by atoms with Crippen LogP contribution in [0.2, 0.25) is 0 Å². The summed E-state index contributed by atoms with van der Waals surface area (Å²) in [5.41, 5.74) is 8.88. The van der Waals surface area contributed by atoms with Gasteiger partial charge in [0.25, 0.3) is 0 Å². The van der Waals surface area contributed by atoms with Gasteiger partial charge in [-0.05, 0) is 58.4 Å². The van der Waals surface area contributed by atoms with Crippen LogP contribution in [0.5, 0.6) is 0 Å². The number of rotatable bonds is 1. The van der Waals surface area contributed by atoms with Crippen LogP contribution in [0.1, 0.15) is 62.9 Å². The van der Waals surface area contributed by atoms with E-state index in [1.165, 1.54) is 23.1 Å². The lowest BCUT2D eigenvalue weighted by atomic mass is 9.91. The molecule has 20 heavy (non-hydrogen) atoms. The molecule has 0 amide bonds. The largest absolute Gasteiger partial charge is 0.442 e. The van der Waals surface area contributed by atoms with E-state index in [0.29, 0.717) is 5.92 Å². The molecule has 0 radical (unpaired) electrons. The Hall–Kier alpha value is -1.36. The molecule has 2 aliphatic carbocycles. The van der Waals surface area contributed by atoms with E-state index in [2.05, 4.69) is 5.10 Å². The van der Waals surface area contributed by atoms with Gasteiger partial charge in [-0.1, -0.05) is 0 Å². The summed E-state index contributed by atoms with van der Waals surface area (Å²) in [7, 11) is 0. The minimum absolute atomic E-state index is 0.191. The number of carbonyl (C=O) groups is 1. The first-order valence-electron chi connectivity index (χ1n) is 7.45. The zero-order chi connectivity index (χ0) is 14.5. The van der Waals surface area contributed by atoms with Crippen LogP contribution in [-0.2, 0) is 17.6 Å².